The number of benzene rings is 2. The number of nitrogen functional groups attached to an aromatic ring is 1. The van der Waals surface area contributed by atoms with Crippen molar-refractivity contribution in [2.45, 2.75) is 0 Å². The van der Waals surface area contributed by atoms with Gasteiger partial charge in [0.2, 0.25) is 0 Å². The molecule has 0 saturated carbocycles. The van der Waals surface area contributed by atoms with Crippen molar-refractivity contribution in [3.05, 3.63) is 54.9 Å². The first-order valence-electron chi connectivity index (χ1n) is 6.31. The van der Waals surface area contributed by atoms with Crippen LogP contribution in [0.15, 0.2) is 59.3 Å². The molecule has 4 rings (SSSR count). The summed E-state index contributed by atoms with van der Waals surface area (Å²) in [7, 11) is 0. The lowest BCUT2D eigenvalue weighted by atomic mass is 10.1. The molecular formula is C16H11N3O. The van der Waals surface area contributed by atoms with Crippen LogP contribution in [0, 0.1) is 0 Å². The van der Waals surface area contributed by atoms with Crippen molar-refractivity contribution >= 4 is 27.8 Å². The first kappa shape index (κ1) is 11.0. The van der Waals surface area contributed by atoms with Crippen LogP contribution < -0.4 is 5.73 Å². The van der Waals surface area contributed by atoms with Gasteiger partial charge in [-0.3, -0.25) is 0 Å². The topological polar surface area (TPSA) is 64.9 Å². The van der Waals surface area contributed by atoms with Crippen LogP contribution in [0.2, 0.25) is 0 Å². The number of hydrogen-bond acceptors (Lipinski definition) is 4. The molecule has 0 aliphatic carbocycles. The van der Waals surface area contributed by atoms with Crippen molar-refractivity contribution in [3.63, 3.8) is 0 Å². The van der Waals surface area contributed by atoms with Gasteiger partial charge >= 0.3 is 0 Å². The molecule has 96 valence electrons. The first-order chi connectivity index (χ1) is 9.83. The Hall–Kier alpha value is -2.88. The fraction of sp³-hybridized carbons (Fsp3) is 0. The molecule has 2 N–H and O–H groups in total. The Bertz CT molecular complexity index is 927. The third kappa shape index (κ3) is 1.55. The Labute approximate surface area is 114 Å². The van der Waals surface area contributed by atoms with Crippen molar-refractivity contribution in [1.29, 1.82) is 0 Å². The summed E-state index contributed by atoms with van der Waals surface area (Å²) in [5.74, 6) is 0.447. The van der Waals surface area contributed by atoms with Gasteiger partial charge in [-0.05, 0) is 12.1 Å². The van der Waals surface area contributed by atoms with Crippen LogP contribution in [0.4, 0.5) is 5.82 Å². The standard InChI is InChI=1S/C16H11N3O/c17-15-8-13(18-9-19-15)12-6-3-5-11-10-4-1-2-7-14(10)20-16(11)12/h1-9H,(H2,17,18,19). The quantitative estimate of drug-likeness (QED) is 0.568. The molecule has 0 aliphatic rings. The van der Waals surface area contributed by atoms with Crippen LogP contribution in [0.3, 0.4) is 0 Å². The summed E-state index contributed by atoms with van der Waals surface area (Å²) >= 11 is 0. The number of nitrogens with two attached hydrogens (primary N) is 1. The molecular weight excluding hydrogens is 250 g/mol. The molecule has 2 heterocycles. The second-order valence-electron chi connectivity index (χ2n) is 4.61. The monoisotopic (exact) mass is 261 g/mol. The maximum atomic E-state index is 5.98. The molecule has 0 unspecified atom stereocenters. The van der Waals surface area contributed by atoms with E-state index in [1.54, 1.807) is 6.07 Å². The van der Waals surface area contributed by atoms with Crippen molar-refractivity contribution < 1.29 is 4.42 Å². The van der Waals surface area contributed by atoms with Gasteiger partial charge in [-0.15, -0.1) is 0 Å². The van der Waals surface area contributed by atoms with E-state index in [0.717, 1.165) is 33.2 Å². The van der Waals surface area contributed by atoms with E-state index < -0.39 is 0 Å². The Kier molecular flexibility index (Phi) is 2.23. The van der Waals surface area contributed by atoms with E-state index in [4.69, 9.17) is 10.2 Å². The molecule has 20 heavy (non-hydrogen) atoms. The zero-order valence-corrected chi connectivity index (χ0v) is 10.6. The highest BCUT2D eigenvalue weighted by atomic mass is 16.3. The molecule has 0 amide bonds. The predicted molar refractivity (Wildman–Crippen MR) is 79.2 cm³/mol. The Balaban J connectivity index is 2.10. The van der Waals surface area contributed by atoms with E-state index in [9.17, 15) is 0 Å². The van der Waals surface area contributed by atoms with E-state index in [-0.39, 0.29) is 0 Å². The van der Waals surface area contributed by atoms with Crippen LogP contribution in [-0.4, -0.2) is 9.97 Å². The van der Waals surface area contributed by atoms with E-state index in [1.165, 1.54) is 6.33 Å². The summed E-state index contributed by atoms with van der Waals surface area (Å²) in [5.41, 5.74) is 9.12. The highest BCUT2D eigenvalue weighted by Gasteiger charge is 2.12. The lowest BCUT2D eigenvalue weighted by Crippen LogP contribution is -1.92. The predicted octanol–water partition coefficient (Wildman–Crippen LogP) is 3.63. The Morgan fingerprint density at radius 3 is 2.65 bits per heavy atom. The number of nitrogens with zero attached hydrogens (tertiary/aromatic N) is 2. The summed E-state index contributed by atoms with van der Waals surface area (Å²) < 4.78 is 5.98. The van der Waals surface area contributed by atoms with E-state index in [0.29, 0.717) is 5.82 Å². The van der Waals surface area contributed by atoms with Gasteiger partial charge in [-0.2, -0.15) is 0 Å². The first-order valence-corrected chi connectivity index (χ1v) is 6.31. The number of anilines is 1. The van der Waals surface area contributed by atoms with Crippen LogP contribution in [0.25, 0.3) is 33.2 Å². The molecule has 0 aliphatic heterocycles. The minimum atomic E-state index is 0.447. The fourth-order valence-electron chi connectivity index (χ4n) is 2.47. The average molecular weight is 261 g/mol. The van der Waals surface area contributed by atoms with Gasteiger partial charge in [0.15, 0.2) is 0 Å². The SMILES string of the molecule is Nc1cc(-c2cccc3c2oc2ccccc23)ncn1. The Morgan fingerprint density at radius 2 is 1.75 bits per heavy atom. The van der Waals surface area contributed by atoms with Crippen molar-refractivity contribution in [2.75, 3.05) is 5.73 Å². The molecule has 2 aromatic carbocycles. The maximum absolute atomic E-state index is 5.98. The zero-order chi connectivity index (χ0) is 13.5. The number of aromatic nitrogens is 2. The molecule has 4 nitrogen and oxygen atoms in total. The molecule has 0 bridgehead atoms. The van der Waals surface area contributed by atoms with Crippen LogP contribution in [0.5, 0.6) is 0 Å². The maximum Gasteiger partial charge on any atom is 0.144 e. The number of hydrogen-bond donors (Lipinski definition) is 1. The molecule has 4 heteroatoms. The highest BCUT2D eigenvalue weighted by molar-refractivity contribution is 6.09. The number of rotatable bonds is 1. The molecule has 0 radical (unpaired) electrons. The second-order valence-corrected chi connectivity index (χ2v) is 4.61. The lowest BCUT2D eigenvalue weighted by molar-refractivity contribution is 0.670. The zero-order valence-electron chi connectivity index (χ0n) is 10.6. The summed E-state index contributed by atoms with van der Waals surface area (Å²) in [4.78, 5) is 8.20. The summed E-state index contributed by atoms with van der Waals surface area (Å²) in [6.45, 7) is 0. The number of furan rings is 1. The number of fused-ring (bicyclic) bond motifs is 3. The highest BCUT2D eigenvalue weighted by Crippen LogP contribution is 2.34. The van der Waals surface area contributed by atoms with Crippen molar-refractivity contribution in [3.8, 4) is 11.3 Å². The molecule has 0 atom stereocenters. The summed E-state index contributed by atoms with van der Waals surface area (Å²) in [6.07, 6.45) is 1.46. The fourth-order valence-corrected chi connectivity index (χ4v) is 2.47. The minimum absolute atomic E-state index is 0.447. The van der Waals surface area contributed by atoms with Crippen LogP contribution in [-0.2, 0) is 0 Å². The Morgan fingerprint density at radius 1 is 0.900 bits per heavy atom. The van der Waals surface area contributed by atoms with Crippen molar-refractivity contribution in [1.82, 2.24) is 9.97 Å². The summed E-state index contributed by atoms with van der Waals surface area (Å²) in [6, 6.07) is 15.8. The van der Waals surface area contributed by atoms with Gasteiger partial charge in [0.25, 0.3) is 0 Å². The van der Waals surface area contributed by atoms with E-state index in [1.807, 2.05) is 30.3 Å². The summed E-state index contributed by atoms with van der Waals surface area (Å²) in [5, 5.41) is 2.18. The minimum Gasteiger partial charge on any atom is -0.455 e. The average Bonchev–Trinajstić information content (AvgIpc) is 2.86. The molecule has 2 aromatic heterocycles. The van der Waals surface area contributed by atoms with E-state index >= 15 is 0 Å². The second kappa shape index (κ2) is 4.06. The van der Waals surface area contributed by atoms with Gasteiger partial charge in [-0.25, -0.2) is 9.97 Å². The van der Waals surface area contributed by atoms with Gasteiger partial charge in [0.1, 0.15) is 23.3 Å². The number of para-hydroxylation sites is 2. The van der Waals surface area contributed by atoms with Crippen LogP contribution in [0.1, 0.15) is 0 Å². The molecule has 0 saturated heterocycles. The third-order valence-electron chi connectivity index (χ3n) is 3.37. The smallest absolute Gasteiger partial charge is 0.144 e. The van der Waals surface area contributed by atoms with Gasteiger partial charge in [0, 0.05) is 22.4 Å². The van der Waals surface area contributed by atoms with Crippen LogP contribution >= 0.6 is 0 Å². The lowest BCUT2D eigenvalue weighted by Gasteiger charge is -2.01. The molecule has 0 spiro atoms. The van der Waals surface area contributed by atoms with E-state index in [2.05, 4.69) is 22.1 Å². The third-order valence-corrected chi connectivity index (χ3v) is 3.37. The van der Waals surface area contributed by atoms with Gasteiger partial charge in [-0.1, -0.05) is 30.3 Å². The molecule has 0 fully saturated rings. The normalized spacial score (nSPS) is 11.2. The van der Waals surface area contributed by atoms with Crippen molar-refractivity contribution in [2.24, 2.45) is 0 Å². The van der Waals surface area contributed by atoms with Gasteiger partial charge in [0.05, 0.1) is 5.69 Å². The largest absolute Gasteiger partial charge is 0.455 e. The molecule has 4 aromatic rings. The van der Waals surface area contributed by atoms with Gasteiger partial charge < -0.3 is 10.2 Å².